The van der Waals surface area contributed by atoms with Crippen molar-refractivity contribution in [1.29, 1.82) is 0 Å². The number of aromatic nitrogens is 1. The van der Waals surface area contributed by atoms with E-state index in [0.717, 1.165) is 41.9 Å². The smallest absolute Gasteiger partial charge is 0.226 e. The van der Waals surface area contributed by atoms with Crippen LogP contribution in [0.3, 0.4) is 0 Å². The number of fused-ring (bicyclic) bond motifs is 2. The molecule has 1 unspecified atom stereocenters. The lowest BCUT2D eigenvalue weighted by atomic mass is 9.77. The minimum Gasteiger partial charge on any atom is -0.506 e. The number of phenolic OH excluding ortho intramolecular Hbond substituents is 1. The second-order valence-corrected chi connectivity index (χ2v) is 11.5. The molecule has 1 aliphatic rings. The van der Waals surface area contributed by atoms with Crippen LogP contribution >= 0.6 is 22.9 Å². The number of anilines is 3. The van der Waals surface area contributed by atoms with Gasteiger partial charge in [-0.25, -0.2) is 9.37 Å². The summed E-state index contributed by atoms with van der Waals surface area (Å²) in [7, 11) is 0. The van der Waals surface area contributed by atoms with Gasteiger partial charge in [0, 0.05) is 34.7 Å². The van der Waals surface area contributed by atoms with Gasteiger partial charge in [0.25, 0.3) is 0 Å². The van der Waals surface area contributed by atoms with Crippen molar-refractivity contribution in [2.45, 2.75) is 57.8 Å². The predicted molar refractivity (Wildman–Crippen MR) is 155 cm³/mol. The summed E-state index contributed by atoms with van der Waals surface area (Å²) in [5, 5.41) is 15.0. The third kappa shape index (κ3) is 4.74. The van der Waals surface area contributed by atoms with Gasteiger partial charge in [-0.05, 0) is 67.1 Å². The van der Waals surface area contributed by atoms with E-state index in [1.54, 1.807) is 18.2 Å². The van der Waals surface area contributed by atoms with Gasteiger partial charge < -0.3 is 15.3 Å². The molecule has 4 aromatic rings. The summed E-state index contributed by atoms with van der Waals surface area (Å²) in [4.78, 5) is 19.4. The van der Waals surface area contributed by atoms with Crippen molar-refractivity contribution in [3.8, 4) is 5.75 Å². The van der Waals surface area contributed by atoms with Gasteiger partial charge in [-0.15, -0.1) is 0 Å². The van der Waals surface area contributed by atoms with Crippen LogP contribution in [0.4, 0.5) is 20.9 Å². The molecule has 2 heterocycles. The molecular weight excluding hydrogens is 521 g/mol. The molecular formula is C30H31ClFN3O2S. The number of phenols is 1. The van der Waals surface area contributed by atoms with Gasteiger partial charge in [0.1, 0.15) is 11.6 Å². The molecule has 0 spiro atoms. The van der Waals surface area contributed by atoms with E-state index < -0.39 is 0 Å². The number of benzene rings is 3. The minimum atomic E-state index is -0.321. The third-order valence-corrected chi connectivity index (χ3v) is 9.13. The lowest BCUT2D eigenvalue weighted by molar-refractivity contribution is -0.116. The minimum absolute atomic E-state index is 0.0874. The number of nitrogens with one attached hydrogen (secondary N) is 1. The van der Waals surface area contributed by atoms with E-state index in [4.69, 9.17) is 11.6 Å². The van der Waals surface area contributed by atoms with Crippen molar-refractivity contribution in [2.75, 3.05) is 16.8 Å². The molecule has 0 aliphatic carbocycles. The highest BCUT2D eigenvalue weighted by atomic mass is 35.5. The second kappa shape index (κ2) is 10.5. The van der Waals surface area contributed by atoms with Crippen LogP contribution in [-0.2, 0) is 10.2 Å². The molecule has 1 aromatic heterocycles. The average Bonchev–Trinajstić information content (AvgIpc) is 3.48. The number of para-hydroxylation sites is 1. The van der Waals surface area contributed by atoms with Crippen molar-refractivity contribution in [3.63, 3.8) is 0 Å². The Morgan fingerprint density at radius 1 is 1.21 bits per heavy atom. The average molecular weight is 552 g/mol. The van der Waals surface area contributed by atoms with E-state index >= 15 is 0 Å². The molecule has 0 radical (unpaired) electrons. The van der Waals surface area contributed by atoms with Crippen molar-refractivity contribution in [2.24, 2.45) is 0 Å². The van der Waals surface area contributed by atoms with Gasteiger partial charge in [0.2, 0.25) is 5.91 Å². The Hall–Kier alpha value is -3.16. The third-order valence-electron chi connectivity index (χ3n) is 7.88. The molecule has 0 saturated carbocycles. The van der Waals surface area contributed by atoms with Gasteiger partial charge >= 0.3 is 0 Å². The molecule has 2 N–H and O–H groups in total. The standard InChI is InChI=1S/C30H31ClFN3O2S/c1-4-30(5-2)17-35(28-24(36)14-12-21(31)27(28)30)23-9-7-6-8-20(23)18(3)10-15-26(37)34-29-33-22-13-11-19(32)16-25(22)38-29/h6-9,11-14,16,18,36H,4-5,10,15,17H2,1-3H3,(H,33,34,37). The lowest BCUT2D eigenvalue weighted by Crippen LogP contribution is -2.31. The Balaban J connectivity index is 1.36. The summed E-state index contributed by atoms with van der Waals surface area (Å²) < 4.78 is 14.2. The number of aromatic hydroxyl groups is 1. The molecule has 8 heteroatoms. The summed E-state index contributed by atoms with van der Waals surface area (Å²) in [6, 6.07) is 16.1. The maximum Gasteiger partial charge on any atom is 0.226 e. The molecule has 38 heavy (non-hydrogen) atoms. The summed E-state index contributed by atoms with van der Waals surface area (Å²) >= 11 is 7.98. The summed E-state index contributed by atoms with van der Waals surface area (Å²) in [5.41, 5.74) is 4.45. The van der Waals surface area contributed by atoms with Crippen LogP contribution in [0.25, 0.3) is 10.2 Å². The number of carbonyl (C=O) groups excluding carboxylic acids is 1. The van der Waals surface area contributed by atoms with Gasteiger partial charge in [-0.3, -0.25) is 4.79 Å². The molecule has 3 aromatic carbocycles. The molecule has 1 aliphatic heterocycles. The summed E-state index contributed by atoms with van der Waals surface area (Å²) in [6.45, 7) is 7.20. The highest BCUT2D eigenvalue weighted by Crippen LogP contribution is 2.55. The first-order valence-electron chi connectivity index (χ1n) is 13.0. The Kier molecular flexibility index (Phi) is 7.34. The number of rotatable bonds is 8. The van der Waals surface area contributed by atoms with E-state index in [1.807, 2.05) is 12.1 Å². The zero-order chi connectivity index (χ0) is 27.0. The lowest BCUT2D eigenvalue weighted by Gasteiger charge is -2.30. The van der Waals surface area contributed by atoms with Crippen molar-refractivity contribution in [3.05, 3.63) is 76.6 Å². The first-order valence-corrected chi connectivity index (χ1v) is 14.2. The zero-order valence-corrected chi connectivity index (χ0v) is 23.3. The molecule has 5 nitrogen and oxygen atoms in total. The number of amides is 1. The fourth-order valence-electron chi connectivity index (χ4n) is 5.61. The topological polar surface area (TPSA) is 65.5 Å². The van der Waals surface area contributed by atoms with Crippen LogP contribution in [0.15, 0.2) is 54.6 Å². The van der Waals surface area contributed by atoms with Gasteiger partial charge in [-0.1, -0.05) is 61.9 Å². The van der Waals surface area contributed by atoms with E-state index in [-0.39, 0.29) is 28.8 Å². The Morgan fingerprint density at radius 2 is 1.97 bits per heavy atom. The van der Waals surface area contributed by atoms with Crippen molar-refractivity contribution in [1.82, 2.24) is 4.98 Å². The molecule has 1 amide bonds. The first-order chi connectivity index (χ1) is 18.3. The van der Waals surface area contributed by atoms with Crippen LogP contribution in [-0.4, -0.2) is 22.5 Å². The van der Waals surface area contributed by atoms with Crippen LogP contribution < -0.4 is 10.2 Å². The highest BCUT2D eigenvalue weighted by molar-refractivity contribution is 7.22. The van der Waals surface area contributed by atoms with Gasteiger partial charge in [-0.2, -0.15) is 0 Å². The normalized spacial score (nSPS) is 15.0. The number of carbonyl (C=O) groups is 1. The largest absolute Gasteiger partial charge is 0.506 e. The van der Waals surface area contributed by atoms with E-state index in [0.29, 0.717) is 33.2 Å². The SMILES string of the molecule is CCC1(CC)CN(c2ccccc2C(C)CCC(=O)Nc2nc3ccc(F)cc3s2)c2c(O)ccc(Cl)c21. The second-order valence-electron chi connectivity index (χ2n) is 10.0. The van der Waals surface area contributed by atoms with Crippen LogP contribution in [0.5, 0.6) is 5.75 Å². The maximum absolute atomic E-state index is 13.5. The number of hydrogen-bond donors (Lipinski definition) is 2. The Morgan fingerprint density at radius 3 is 2.74 bits per heavy atom. The molecule has 0 saturated heterocycles. The quantitative estimate of drug-likeness (QED) is 0.230. The summed E-state index contributed by atoms with van der Waals surface area (Å²) in [5.74, 6) is -0.131. The molecule has 5 rings (SSSR count). The first kappa shape index (κ1) is 26.4. The van der Waals surface area contributed by atoms with Crippen LogP contribution in [0.2, 0.25) is 5.02 Å². The fourth-order valence-corrected chi connectivity index (χ4v) is 6.87. The summed E-state index contributed by atoms with van der Waals surface area (Å²) in [6.07, 6.45) is 2.78. The number of halogens is 2. The Bertz CT molecular complexity index is 1500. The maximum atomic E-state index is 13.5. The van der Waals surface area contributed by atoms with E-state index in [9.17, 15) is 14.3 Å². The molecule has 198 valence electrons. The van der Waals surface area contributed by atoms with E-state index in [1.165, 1.54) is 23.5 Å². The van der Waals surface area contributed by atoms with Gasteiger partial charge in [0.05, 0.1) is 15.9 Å². The fraction of sp³-hybridized carbons (Fsp3) is 0.333. The molecule has 1 atom stereocenters. The van der Waals surface area contributed by atoms with Crippen molar-refractivity contribution >= 4 is 55.6 Å². The number of nitrogens with zero attached hydrogens (tertiary/aromatic N) is 2. The van der Waals surface area contributed by atoms with E-state index in [2.05, 4.69) is 48.1 Å². The zero-order valence-electron chi connectivity index (χ0n) is 21.7. The predicted octanol–water partition coefficient (Wildman–Crippen LogP) is 8.53. The monoisotopic (exact) mass is 551 g/mol. The molecule has 0 bridgehead atoms. The Labute approximate surface area is 231 Å². The van der Waals surface area contributed by atoms with Crippen molar-refractivity contribution < 1.29 is 14.3 Å². The number of thiazole rings is 1. The molecule has 0 fully saturated rings. The van der Waals surface area contributed by atoms with Crippen LogP contribution in [0.1, 0.15) is 63.5 Å². The van der Waals surface area contributed by atoms with Crippen LogP contribution in [0, 0.1) is 5.82 Å². The number of hydrogen-bond acceptors (Lipinski definition) is 5. The highest BCUT2D eigenvalue weighted by Gasteiger charge is 2.44. The van der Waals surface area contributed by atoms with Gasteiger partial charge in [0.15, 0.2) is 5.13 Å².